The summed E-state index contributed by atoms with van der Waals surface area (Å²) in [6, 6.07) is 6.37. The molecule has 0 amide bonds. The Kier molecular flexibility index (Phi) is 8.34. The first-order valence-electron chi connectivity index (χ1n) is 6.41. The van der Waals surface area contributed by atoms with Gasteiger partial charge in [-0.1, -0.05) is 43.8 Å². The minimum atomic E-state index is -1.25. The van der Waals surface area contributed by atoms with Crippen LogP contribution in [-0.2, 0) is 0 Å². The van der Waals surface area contributed by atoms with Gasteiger partial charge in [0.2, 0.25) is 0 Å². The van der Waals surface area contributed by atoms with Crippen molar-refractivity contribution in [2.75, 3.05) is 0 Å². The van der Waals surface area contributed by atoms with Crippen molar-refractivity contribution in [2.24, 2.45) is 0 Å². The maximum atomic E-state index is 3.93. The fourth-order valence-corrected chi connectivity index (χ4v) is 8.45. The topological polar surface area (TPSA) is 0 Å². The maximum absolute atomic E-state index is 3.93. The minimum absolute atomic E-state index is 1.07. The van der Waals surface area contributed by atoms with Gasteiger partial charge in [0.1, 0.15) is 6.69 Å². The van der Waals surface area contributed by atoms with Crippen molar-refractivity contribution in [3.63, 3.8) is 0 Å². The Morgan fingerprint density at radius 1 is 0.882 bits per heavy atom. The zero-order chi connectivity index (χ0) is 13.4. The summed E-state index contributed by atoms with van der Waals surface area (Å²) in [5.41, 5.74) is 0. The largest absolute Gasteiger partial charge is 0.127 e. The molecule has 0 fully saturated rings. The van der Waals surface area contributed by atoms with E-state index in [1.165, 1.54) is 36.6 Å². The first-order valence-corrected chi connectivity index (χ1v) is 14.7. The summed E-state index contributed by atoms with van der Waals surface area (Å²) in [4.78, 5) is 0. The Labute approximate surface area is 117 Å². The lowest BCUT2D eigenvalue weighted by molar-refractivity contribution is 1.00. The number of hydrogen-bond donors (Lipinski definition) is 0. The van der Waals surface area contributed by atoms with Crippen molar-refractivity contribution < 1.29 is 0 Å². The highest BCUT2D eigenvalue weighted by Crippen LogP contribution is 2.31. The molecule has 0 aromatic rings. The van der Waals surface area contributed by atoms with Crippen LogP contribution in [0.4, 0.5) is 0 Å². The lowest BCUT2D eigenvalue weighted by Crippen LogP contribution is -2.32. The average molecular weight is 331 g/mol. The van der Waals surface area contributed by atoms with E-state index in [0.717, 1.165) is 0 Å². The van der Waals surface area contributed by atoms with Crippen LogP contribution >= 0.6 is 15.3 Å². The summed E-state index contributed by atoms with van der Waals surface area (Å²) in [6.07, 6.45) is 7.67. The normalized spacial score (nSPS) is 12.2. The Morgan fingerprint density at radius 3 is 1.59 bits per heavy atom. The molecule has 3 heteroatoms. The smallest absolute Gasteiger partial charge is 0.124 e. The van der Waals surface area contributed by atoms with Gasteiger partial charge in [-0.2, -0.15) is 0 Å². The second kappa shape index (κ2) is 8.27. The quantitative estimate of drug-likeness (QED) is 0.262. The van der Waals surface area contributed by atoms with E-state index in [2.05, 4.69) is 66.4 Å². The van der Waals surface area contributed by atoms with Gasteiger partial charge in [-0.15, -0.1) is 35.0 Å². The van der Waals surface area contributed by atoms with Gasteiger partial charge in [0.05, 0.1) is 8.07 Å². The SMILES string of the molecule is C=CC[Si](CC=C)(CC=C)CCC[Si](C)(C)Br. The summed E-state index contributed by atoms with van der Waals surface area (Å²) >= 11 is 3.86. The Hall–Kier alpha value is 0.134. The lowest BCUT2D eigenvalue weighted by atomic mass is 10.6. The second-order valence-electron chi connectivity index (χ2n) is 5.55. The van der Waals surface area contributed by atoms with Gasteiger partial charge < -0.3 is 0 Å². The van der Waals surface area contributed by atoms with Crippen molar-refractivity contribution >= 4 is 30.1 Å². The van der Waals surface area contributed by atoms with Crippen LogP contribution in [0.1, 0.15) is 6.42 Å². The monoisotopic (exact) mass is 330 g/mol. The third kappa shape index (κ3) is 7.95. The van der Waals surface area contributed by atoms with E-state index in [4.69, 9.17) is 0 Å². The molecule has 0 saturated heterocycles. The van der Waals surface area contributed by atoms with Gasteiger partial charge in [-0.3, -0.25) is 0 Å². The van der Waals surface area contributed by atoms with Crippen LogP contribution in [0.3, 0.4) is 0 Å². The molecular weight excluding hydrogens is 304 g/mol. The van der Waals surface area contributed by atoms with Crippen LogP contribution in [0.15, 0.2) is 38.0 Å². The molecule has 0 N–H and O–H groups in total. The van der Waals surface area contributed by atoms with Gasteiger partial charge >= 0.3 is 0 Å². The summed E-state index contributed by atoms with van der Waals surface area (Å²) < 4.78 is 0. The predicted octanol–water partition coefficient (Wildman–Crippen LogP) is 5.98. The summed E-state index contributed by atoms with van der Waals surface area (Å²) in [7, 11) is -1.25. The highest BCUT2D eigenvalue weighted by molar-refractivity contribution is 9.26. The molecule has 98 valence electrons. The van der Waals surface area contributed by atoms with E-state index < -0.39 is 14.8 Å². The molecule has 0 aliphatic rings. The van der Waals surface area contributed by atoms with Crippen LogP contribution in [0, 0.1) is 0 Å². The molecule has 0 aliphatic carbocycles. The second-order valence-corrected chi connectivity index (χ2v) is 20.7. The van der Waals surface area contributed by atoms with Crippen LogP contribution in [0.25, 0.3) is 0 Å². The fourth-order valence-electron chi connectivity index (χ4n) is 2.36. The lowest BCUT2D eigenvalue weighted by Gasteiger charge is -2.29. The summed E-state index contributed by atoms with van der Waals surface area (Å²) in [5, 5.41) is 0. The van der Waals surface area contributed by atoms with E-state index in [1.54, 1.807) is 0 Å². The van der Waals surface area contributed by atoms with E-state index >= 15 is 0 Å². The van der Waals surface area contributed by atoms with E-state index in [9.17, 15) is 0 Å². The summed E-state index contributed by atoms with van der Waals surface area (Å²) in [5.74, 6) is 0. The van der Waals surface area contributed by atoms with E-state index in [0.29, 0.717) is 0 Å². The van der Waals surface area contributed by atoms with Crippen molar-refractivity contribution in [2.45, 2.75) is 49.7 Å². The van der Waals surface area contributed by atoms with Crippen molar-refractivity contribution in [3.8, 4) is 0 Å². The van der Waals surface area contributed by atoms with Gasteiger partial charge in [0.25, 0.3) is 0 Å². The zero-order valence-electron chi connectivity index (χ0n) is 11.5. The molecule has 0 unspecified atom stereocenters. The molecule has 17 heavy (non-hydrogen) atoms. The third-order valence-corrected chi connectivity index (χ3v) is 10.8. The van der Waals surface area contributed by atoms with Crippen LogP contribution in [0.5, 0.6) is 0 Å². The van der Waals surface area contributed by atoms with Crippen molar-refractivity contribution in [1.82, 2.24) is 0 Å². The molecule has 0 aromatic heterocycles. The minimum Gasteiger partial charge on any atom is -0.127 e. The molecule has 0 rings (SSSR count). The molecular formula is C14H27BrSi2. The van der Waals surface area contributed by atoms with Crippen LogP contribution < -0.4 is 0 Å². The van der Waals surface area contributed by atoms with Gasteiger partial charge in [-0.25, -0.2) is 0 Å². The molecule has 0 spiro atoms. The standard InChI is InChI=1S/C14H27BrSi2/c1-6-10-17(11-7-2,12-8-3)14-9-13-16(4,5)15/h6-8H,1-3,9-14H2,4-5H3. The van der Waals surface area contributed by atoms with Gasteiger partial charge in [0.15, 0.2) is 0 Å². The number of halogens is 1. The molecule has 0 bridgehead atoms. The van der Waals surface area contributed by atoms with Crippen molar-refractivity contribution in [1.29, 1.82) is 0 Å². The Bertz CT molecular complexity index is 227. The zero-order valence-corrected chi connectivity index (χ0v) is 15.1. The van der Waals surface area contributed by atoms with Crippen LogP contribution in [-0.4, -0.2) is 14.8 Å². The molecule has 0 radical (unpaired) electrons. The Morgan fingerprint density at radius 2 is 1.29 bits per heavy atom. The molecule has 0 heterocycles. The third-order valence-electron chi connectivity index (χ3n) is 3.21. The van der Waals surface area contributed by atoms with Crippen molar-refractivity contribution in [3.05, 3.63) is 38.0 Å². The molecule has 0 saturated carbocycles. The number of allylic oxidation sites excluding steroid dienone is 3. The van der Waals surface area contributed by atoms with Gasteiger partial charge in [-0.05, 0) is 24.2 Å². The van der Waals surface area contributed by atoms with E-state index in [-0.39, 0.29) is 0 Å². The van der Waals surface area contributed by atoms with Gasteiger partial charge in [0, 0.05) is 0 Å². The summed E-state index contributed by atoms with van der Waals surface area (Å²) in [6.45, 7) is 15.5. The molecule has 0 aliphatic heterocycles. The molecule has 0 nitrogen and oxygen atoms in total. The number of rotatable bonds is 10. The average Bonchev–Trinajstić information content (AvgIpc) is 2.16. The maximum Gasteiger partial charge on any atom is 0.124 e. The fraction of sp³-hybridized carbons (Fsp3) is 0.571. The number of hydrogen-bond acceptors (Lipinski definition) is 0. The Balaban J connectivity index is 4.48. The molecule has 0 atom stereocenters. The highest BCUT2D eigenvalue weighted by Gasteiger charge is 2.29. The molecule has 0 aromatic carbocycles. The highest BCUT2D eigenvalue weighted by atomic mass is 79.9. The van der Waals surface area contributed by atoms with E-state index in [1.807, 2.05) is 0 Å². The first-order chi connectivity index (χ1) is 7.89. The van der Waals surface area contributed by atoms with Crippen LogP contribution in [0.2, 0.25) is 43.3 Å². The predicted molar refractivity (Wildman–Crippen MR) is 91.4 cm³/mol. The first kappa shape index (κ1) is 17.1.